The van der Waals surface area contributed by atoms with Crippen LogP contribution in [0.1, 0.15) is 11.1 Å². The van der Waals surface area contributed by atoms with Crippen molar-refractivity contribution in [3.05, 3.63) is 53.6 Å². The van der Waals surface area contributed by atoms with Gasteiger partial charge in [-0.2, -0.15) is 13.2 Å². The molecule has 0 atom stereocenters. The van der Waals surface area contributed by atoms with Crippen molar-refractivity contribution >= 4 is 5.69 Å². The van der Waals surface area contributed by atoms with Crippen molar-refractivity contribution in [3.8, 4) is 11.1 Å². The molecule has 0 saturated heterocycles. The molecule has 0 bridgehead atoms. The monoisotopic (exact) mass is 263 g/mol. The van der Waals surface area contributed by atoms with Crippen molar-refractivity contribution in [2.75, 3.05) is 11.9 Å². The maximum atomic E-state index is 12.5. The Morgan fingerprint density at radius 3 is 2.37 bits per heavy atom. The Balaban J connectivity index is 2.02. The smallest absolute Gasteiger partial charge is 0.384 e. The summed E-state index contributed by atoms with van der Waals surface area (Å²) in [5.74, 6) is 0. The van der Waals surface area contributed by atoms with Gasteiger partial charge in [0.1, 0.15) is 0 Å². The highest BCUT2D eigenvalue weighted by molar-refractivity contribution is 5.75. The van der Waals surface area contributed by atoms with Crippen LogP contribution in [0.3, 0.4) is 0 Å². The molecule has 0 fully saturated rings. The van der Waals surface area contributed by atoms with E-state index < -0.39 is 11.7 Å². The minimum absolute atomic E-state index is 0.609. The lowest BCUT2D eigenvalue weighted by molar-refractivity contribution is -0.137. The fraction of sp³-hybridized carbons (Fsp3) is 0.200. The molecule has 1 heterocycles. The van der Waals surface area contributed by atoms with Crippen LogP contribution >= 0.6 is 0 Å². The average Bonchev–Trinajstić information content (AvgIpc) is 2.86. The maximum Gasteiger partial charge on any atom is 0.416 e. The SMILES string of the molecule is FC(F)(F)c1ccc(-c2cccc3c2CCN3)cc1. The maximum absolute atomic E-state index is 12.5. The lowest BCUT2D eigenvalue weighted by Gasteiger charge is -2.10. The Kier molecular flexibility index (Phi) is 2.73. The normalized spacial score (nSPS) is 14.1. The van der Waals surface area contributed by atoms with E-state index in [0.29, 0.717) is 0 Å². The molecule has 3 rings (SSSR count). The summed E-state index contributed by atoms with van der Waals surface area (Å²) in [4.78, 5) is 0. The minimum atomic E-state index is -4.28. The van der Waals surface area contributed by atoms with Crippen molar-refractivity contribution in [3.63, 3.8) is 0 Å². The molecule has 2 aromatic carbocycles. The number of alkyl halides is 3. The summed E-state index contributed by atoms with van der Waals surface area (Å²) in [5.41, 5.74) is 3.49. The average molecular weight is 263 g/mol. The predicted molar refractivity (Wildman–Crippen MR) is 69.1 cm³/mol. The molecule has 0 amide bonds. The third-order valence-corrected chi connectivity index (χ3v) is 3.39. The Morgan fingerprint density at radius 2 is 1.68 bits per heavy atom. The summed E-state index contributed by atoms with van der Waals surface area (Å²) in [7, 11) is 0. The van der Waals surface area contributed by atoms with E-state index in [1.807, 2.05) is 18.2 Å². The van der Waals surface area contributed by atoms with E-state index in [-0.39, 0.29) is 0 Å². The number of hydrogen-bond acceptors (Lipinski definition) is 1. The van der Waals surface area contributed by atoms with Crippen molar-refractivity contribution in [2.24, 2.45) is 0 Å². The first-order chi connectivity index (χ1) is 9.05. The molecule has 0 aromatic heterocycles. The lowest BCUT2D eigenvalue weighted by Crippen LogP contribution is -2.04. The first-order valence-electron chi connectivity index (χ1n) is 6.09. The number of rotatable bonds is 1. The molecule has 1 nitrogen and oxygen atoms in total. The number of halogens is 3. The third-order valence-electron chi connectivity index (χ3n) is 3.39. The summed E-state index contributed by atoms with van der Waals surface area (Å²) in [6.07, 6.45) is -3.37. The van der Waals surface area contributed by atoms with Gasteiger partial charge in [0.05, 0.1) is 5.56 Å². The zero-order valence-electron chi connectivity index (χ0n) is 10.1. The van der Waals surface area contributed by atoms with Crippen molar-refractivity contribution in [2.45, 2.75) is 12.6 Å². The van der Waals surface area contributed by atoms with Crippen LogP contribution in [0.5, 0.6) is 0 Å². The fourth-order valence-corrected chi connectivity index (χ4v) is 2.45. The zero-order valence-corrected chi connectivity index (χ0v) is 10.1. The molecule has 19 heavy (non-hydrogen) atoms. The van der Waals surface area contributed by atoms with Crippen LogP contribution in [-0.2, 0) is 12.6 Å². The first kappa shape index (κ1) is 12.1. The van der Waals surface area contributed by atoms with E-state index in [9.17, 15) is 13.2 Å². The molecule has 1 aliphatic heterocycles. The van der Waals surface area contributed by atoms with Crippen LogP contribution in [0.25, 0.3) is 11.1 Å². The van der Waals surface area contributed by atoms with Crippen LogP contribution < -0.4 is 5.32 Å². The summed E-state index contributed by atoms with van der Waals surface area (Å²) in [5, 5.41) is 3.27. The van der Waals surface area contributed by atoms with Crippen LogP contribution in [0.4, 0.5) is 18.9 Å². The third kappa shape index (κ3) is 2.18. The van der Waals surface area contributed by atoms with Crippen molar-refractivity contribution < 1.29 is 13.2 Å². The van der Waals surface area contributed by atoms with Gasteiger partial charge >= 0.3 is 6.18 Å². The van der Waals surface area contributed by atoms with Crippen LogP contribution in [-0.4, -0.2) is 6.54 Å². The Labute approximate surface area is 109 Å². The van der Waals surface area contributed by atoms with E-state index >= 15 is 0 Å². The van der Waals surface area contributed by atoms with Gasteiger partial charge in [0.15, 0.2) is 0 Å². The van der Waals surface area contributed by atoms with Crippen LogP contribution in [0.15, 0.2) is 42.5 Å². The molecule has 1 aliphatic rings. The van der Waals surface area contributed by atoms with Crippen LogP contribution in [0.2, 0.25) is 0 Å². The van der Waals surface area contributed by atoms with E-state index in [1.165, 1.54) is 17.7 Å². The molecule has 4 heteroatoms. The Bertz CT molecular complexity index is 600. The van der Waals surface area contributed by atoms with E-state index in [1.54, 1.807) is 0 Å². The summed E-state index contributed by atoms with van der Waals surface area (Å²) in [6, 6.07) is 11.2. The fourth-order valence-electron chi connectivity index (χ4n) is 2.45. The molecule has 0 unspecified atom stereocenters. The second kappa shape index (κ2) is 4.30. The number of hydrogen-bond donors (Lipinski definition) is 1. The van der Waals surface area contributed by atoms with Gasteiger partial charge in [-0.05, 0) is 41.3 Å². The molecule has 0 saturated carbocycles. The topological polar surface area (TPSA) is 12.0 Å². The highest BCUT2D eigenvalue weighted by atomic mass is 19.4. The molecule has 0 spiro atoms. The van der Waals surface area contributed by atoms with Crippen LogP contribution in [0, 0.1) is 0 Å². The van der Waals surface area contributed by atoms with Gasteiger partial charge in [-0.1, -0.05) is 24.3 Å². The number of nitrogens with one attached hydrogen (secondary N) is 1. The van der Waals surface area contributed by atoms with Gasteiger partial charge in [0.25, 0.3) is 0 Å². The van der Waals surface area contributed by atoms with E-state index in [0.717, 1.165) is 41.9 Å². The molecule has 0 radical (unpaired) electrons. The highest BCUT2D eigenvalue weighted by Gasteiger charge is 2.30. The number of anilines is 1. The minimum Gasteiger partial charge on any atom is -0.384 e. The van der Waals surface area contributed by atoms with Gasteiger partial charge in [0, 0.05) is 12.2 Å². The zero-order chi connectivity index (χ0) is 13.5. The lowest BCUT2D eigenvalue weighted by atomic mass is 9.97. The molecule has 98 valence electrons. The van der Waals surface area contributed by atoms with Gasteiger partial charge in [0.2, 0.25) is 0 Å². The number of fused-ring (bicyclic) bond motifs is 1. The molecular weight excluding hydrogens is 251 g/mol. The summed E-state index contributed by atoms with van der Waals surface area (Å²) < 4.78 is 37.6. The standard InChI is InChI=1S/C15H12F3N/c16-15(17,18)11-6-4-10(5-7-11)12-2-1-3-14-13(12)8-9-19-14/h1-7,19H,8-9H2. The largest absolute Gasteiger partial charge is 0.416 e. The van der Waals surface area contributed by atoms with E-state index in [4.69, 9.17) is 0 Å². The molecule has 2 aromatic rings. The van der Waals surface area contributed by atoms with Crippen molar-refractivity contribution in [1.29, 1.82) is 0 Å². The van der Waals surface area contributed by atoms with Gasteiger partial charge < -0.3 is 5.32 Å². The molecule has 0 aliphatic carbocycles. The highest BCUT2D eigenvalue weighted by Crippen LogP contribution is 2.35. The first-order valence-corrected chi connectivity index (χ1v) is 6.09. The Hall–Kier alpha value is -1.97. The molecular formula is C15H12F3N. The predicted octanol–water partition coefficient (Wildman–Crippen LogP) is 4.34. The molecule has 1 N–H and O–H groups in total. The van der Waals surface area contributed by atoms with E-state index in [2.05, 4.69) is 5.32 Å². The van der Waals surface area contributed by atoms with Gasteiger partial charge in [-0.3, -0.25) is 0 Å². The van der Waals surface area contributed by atoms with Gasteiger partial charge in [-0.15, -0.1) is 0 Å². The Morgan fingerprint density at radius 1 is 0.947 bits per heavy atom. The second-order valence-corrected chi connectivity index (χ2v) is 4.58. The van der Waals surface area contributed by atoms with Gasteiger partial charge in [-0.25, -0.2) is 0 Å². The summed E-state index contributed by atoms with van der Waals surface area (Å²) >= 11 is 0. The van der Waals surface area contributed by atoms with Crippen molar-refractivity contribution in [1.82, 2.24) is 0 Å². The summed E-state index contributed by atoms with van der Waals surface area (Å²) in [6.45, 7) is 0.882. The quantitative estimate of drug-likeness (QED) is 0.807. The number of benzene rings is 2. The second-order valence-electron chi connectivity index (χ2n) is 4.58.